The van der Waals surface area contributed by atoms with Crippen LogP contribution in [0.5, 0.6) is 0 Å². The summed E-state index contributed by atoms with van der Waals surface area (Å²) < 4.78 is 0. The third kappa shape index (κ3) is 2.87. The Balaban J connectivity index is 3.97. The van der Waals surface area contributed by atoms with Gasteiger partial charge in [-0.3, -0.25) is 0 Å². The van der Waals surface area contributed by atoms with E-state index in [4.69, 9.17) is 5.26 Å². The maximum atomic E-state index is 8.48. The van der Waals surface area contributed by atoms with Gasteiger partial charge in [0, 0.05) is 6.42 Å². The van der Waals surface area contributed by atoms with E-state index in [0.717, 1.165) is 6.42 Å². The molecule has 1 nitrogen and oxygen atoms in total. The molecule has 58 valence electrons. The maximum absolute atomic E-state index is 8.48. The Hall–Kier alpha value is -0.510. The minimum absolute atomic E-state index is 0.296. The third-order valence-corrected chi connectivity index (χ3v) is 2.06. The highest BCUT2D eigenvalue weighted by molar-refractivity contribution is 4.82. The minimum atomic E-state index is 0.296. The molecule has 0 aromatic heterocycles. The molecule has 0 aromatic carbocycles. The van der Waals surface area contributed by atoms with Gasteiger partial charge in [-0.1, -0.05) is 34.1 Å². The Morgan fingerprint density at radius 1 is 1.40 bits per heavy atom. The van der Waals surface area contributed by atoms with Crippen molar-refractivity contribution in [2.45, 2.75) is 40.5 Å². The third-order valence-electron chi connectivity index (χ3n) is 2.06. The van der Waals surface area contributed by atoms with Crippen molar-refractivity contribution in [3.63, 3.8) is 0 Å². The molecule has 0 amide bonds. The van der Waals surface area contributed by atoms with Crippen LogP contribution in [0.25, 0.3) is 0 Å². The summed E-state index contributed by atoms with van der Waals surface area (Å²) in [5, 5.41) is 8.48. The molecule has 0 N–H and O–H groups in total. The van der Waals surface area contributed by atoms with Crippen molar-refractivity contribution in [2.75, 3.05) is 0 Å². The molecular weight excluding hydrogens is 122 g/mol. The van der Waals surface area contributed by atoms with Crippen LogP contribution in [0.2, 0.25) is 0 Å². The second kappa shape index (κ2) is 3.61. The van der Waals surface area contributed by atoms with E-state index < -0.39 is 0 Å². The molecule has 0 heterocycles. The van der Waals surface area contributed by atoms with Crippen molar-refractivity contribution < 1.29 is 0 Å². The van der Waals surface area contributed by atoms with E-state index in [1.807, 2.05) is 0 Å². The SMILES string of the molecule is CCC(CC#N)C(C)(C)C. The van der Waals surface area contributed by atoms with Gasteiger partial charge in [0.1, 0.15) is 0 Å². The van der Waals surface area contributed by atoms with Crippen LogP contribution < -0.4 is 0 Å². The first kappa shape index (κ1) is 9.49. The van der Waals surface area contributed by atoms with E-state index in [0.29, 0.717) is 17.8 Å². The van der Waals surface area contributed by atoms with Gasteiger partial charge in [0.2, 0.25) is 0 Å². The van der Waals surface area contributed by atoms with E-state index in [1.54, 1.807) is 0 Å². The summed E-state index contributed by atoms with van der Waals surface area (Å²) in [4.78, 5) is 0. The van der Waals surface area contributed by atoms with Crippen LogP contribution in [0.15, 0.2) is 0 Å². The first-order valence-electron chi connectivity index (χ1n) is 3.89. The van der Waals surface area contributed by atoms with Gasteiger partial charge >= 0.3 is 0 Å². The fourth-order valence-electron chi connectivity index (χ4n) is 1.17. The summed E-state index contributed by atoms with van der Waals surface area (Å²) >= 11 is 0. The molecule has 0 aliphatic heterocycles. The first-order valence-corrected chi connectivity index (χ1v) is 3.89. The Kier molecular flexibility index (Phi) is 3.42. The van der Waals surface area contributed by atoms with E-state index in [2.05, 4.69) is 33.8 Å². The standard InChI is InChI=1S/C9H17N/c1-5-8(6-7-10)9(2,3)4/h8H,5-6H2,1-4H3. The predicted octanol–water partition coefficient (Wildman–Crippen LogP) is 2.97. The lowest BCUT2D eigenvalue weighted by Crippen LogP contribution is -2.18. The molecule has 0 aromatic rings. The maximum Gasteiger partial charge on any atom is 0.0624 e. The molecule has 0 bridgehead atoms. The largest absolute Gasteiger partial charge is 0.198 e. The van der Waals surface area contributed by atoms with Crippen LogP contribution in [0.4, 0.5) is 0 Å². The zero-order valence-electron chi connectivity index (χ0n) is 7.44. The molecule has 0 saturated carbocycles. The van der Waals surface area contributed by atoms with E-state index in [-0.39, 0.29) is 0 Å². The average molecular weight is 139 g/mol. The average Bonchev–Trinajstić information content (AvgIpc) is 1.80. The van der Waals surface area contributed by atoms with Gasteiger partial charge in [-0.15, -0.1) is 0 Å². The molecule has 1 atom stereocenters. The van der Waals surface area contributed by atoms with Gasteiger partial charge in [0.05, 0.1) is 6.07 Å². The fraction of sp³-hybridized carbons (Fsp3) is 0.889. The number of nitriles is 1. The van der Waals surface area contributed by atoms with E-state index >= 15 is 0 Å². The Labute approximate surface area is 64.1 Å². The van der Waals surface area contributed by atoms with Crippen LogP contribution in [0.3, 0.4) is 0 Å². The van der Waals surface area contributed by atoms with Crippen molar-refractivity contribution in [3.05, 3.63) is 0 Å². The van der Waals surface area contributed by atoms with Crippen LogP contribution in [0, 0.1) is 22.7 Å². The molecule has 0 radical (unpaired) electrons. The Bertz CT molecular complexity index is 125. The van der Waals surface area contributed by atoms with Crippen molar-refractivity contribution in [1.29, 1.82) is 5.26 Å². The smallest absolute Gasteiger partial charge is 0.0624 e. The second-order valence-corrected chi connectivity index (χ2v) is 3.83. The number of hydrogen-bond acceptors (Lipinski definition) is 1. The number of hydrogen-bond donors (Lipinski definition) is 0. The summed E-state index contributed by atoms with van der Waals surface area (Å²) in [6, 6.07) is 2.23. The second-order valence-electron chi connectivity index (χ2n) is 3.83. The lowest BCUT2D eigenvalue weighted by Gasteiger charge is -2.27. The quantitative estimate of drug-likeness (QED) is 0.577. The zero-order valence-corrected chi connectivity index (χ0v) is 7.44. The van der Waals surface area contributed by atoms with Crippen molar-refractivity contribution in [2.24, 2.45) is 11.3 Å². The van der Waals surface area contributed by atoms with Gasteiger partial charge in [0.25, 0.3) is 0 Å². The normalized spacial score (nSPS) is 14.3. The molecular formula is C9H17N. The van der Waals surface area contributed by atoms with Gasteiger partial charge in [-0.2, -0.15) is 5.26 Å². The summed E-state index contributed by atoms with van der Waals surface area (Å²) in [7, 11) is 0. The molecule has 1 heteroatoms. The van der Waals surface area contributed by atoms with Gasteiger partial charge in [-0.05, 0) is 11.3 Å². The van der Waals surface area contributed by atoms with Crippen molar-refractivity contribution >= 4 is 0 Å². The monoisotopic (exact) mass is 139 g/mol. The summed E-state index contributed by atoms with van der Waals surface area (Å²) in [5.41, 5.74) is 0.296. The molecule has 0 aliphatic rings. The molecule has 0 aliphatic carbocycles. The fourth-order valence-corrected chi connectivity index (χ4v) is 1.17. The van der Waals surface area contributed by atoms with Gasteiger partial charge in [-0.25, -0.2) is 0 Å². The Morgan fingerprint density at radius 3 is 2.00 bits per heavy atom. The molecule has 1 unspecified atom stereocenters. The molecule has 10 heavy (non-hydrogen) atoms. The number of nitrogens with zero attached hydrogens (tertiary/aromatic N) is 1. The zero-order chi connectivity index (χ0) is 8.20. The summed E-state index contributed by atoms with van der Waals surface area (Å²) in [6.45, 7) is 8.72. The highest BCUT2D eigenvalue weighted by atomic mass is 14.3. The van der Waals surface area contributed by atoms with Crippen LogP contribution in [-0.4, -0.2) is 0 Å². The Morgan fingerprint density at radius 2 is 1.90 bits per heavy atom. The molecule has 0 fully saturated rings. The van der Waals surface area contributed by atoms with Crippen LogP contribution in [0.1, 0.15) is 40.5 Å². The first-order chi connectivity index (χ1) is 4.52. The summed E-state index contributed by atoms with van der Waals surface area (Å²) in [6.07, 6.45) is 1.80. The number of rotatable bonds is 2. The highest BCUT2D eigenvalue weighted by Crippen LogP contribution is 2.30. The van der Waals surface area contributed by atoms with Gasteiger partial charge < -0.3 is 0 Å². The minimum Gasteiger partial charge on any atom is -0.198 e. The lowest BCUT2D eigenvalue weighted by atomic mass is 9.77. The predicted molar refractivity (Wildman–Crippen MR) is 43.5 cm³/mol. The highest BCUT2D eigenvalue weighted by Gasteiger charge is 2.21. The van der Waals surface area contributed by atoms with Gasteiger partial charge in [0.15, 0.2) is 0 Å². The van der Waals surface area contributed by atoms with Crippen molar-refractivity contribution in [1.82, 2.24) is 0 Å². The van der Waals surface area contributed by atoms with E-state index in [9.17, 15) is 0 Å². The van der Waals surface area contributed by atoms with Crippen molar-refractivity contribution in [3.8, 4) is 6.07 Å². The topological polar surface area (TPSA) is 23.8 Å². The summed E-state index contributed by atoms with van der Waals surface area (Å²) in [5.74, 6) is 0.553. The lowest BCUT2D eigenvalue weighted by molar-refractivity contribution is 0.237. The van der Waals surface area contributed by atoms with Crippen LogP contribution in [-0.2, 0) is 0 Å². The van der Waals surface area contributed by atoms with Crippen LogP contribution >= 0.6 is 0 Å². The molecule has 0 saturated heterocycles. The molecule has 0 rings (SSSR count). The molecule has 0 spiro atoms. The van der Waals surface area contributed by atoms with E-state index in [1.165, 1.54) is 0 Å².